The largest absolute Gasteiger partial charge is 0.479 e. The van der Waals surface area contributed by atoms with Crippen LogP contribution in [0.25, 0.3) is 0 Å². The predicted octanol–water partition coefficient (Wildman–Crippen LogP) is 0.960. The number of rotatable bonds is 3. The highest BCUT2D eigenvalue weighted by atomic mass is 16.5. The number of aliphatic carboxylic acids is 1. The lowest BCUT2D eigenvalue weighted by atomic mass is 9.84. The summed E-state index contributed by atoms with van der Waals surface area (Å²) in [6.07, 6.45) is 1.11. The van der Waals surface area contributed by atoms with Crippen LogP contribution in [0.5, 0.6) is 0 Å². The maximum absolute atomic E-state index is 10.7. The van der Waals surface area contributed by atoms with E-state index in [-0.39, 0.29) is 6.10 Å². The summed E-state index contributed by atoms with van der Waals surface area (Å²) in [4.78, 5) is 13.0. The zero-order valence-corrected chi connectivity index (χ0v) is 9.40. The molecule has 86 valence electrons. The van der Waals surface area contributed by atoms with E-state index in [4.69, 9.17) is 9.84 Å². The van der Waals surface area contributed by atoms with Gasteiger partial charge in [0.05, 0.1) is 6.10 Å². The van der Waals surface area contributed by atoms with Crippen molar-refractivity contribution in [1.82, 2.24) is 4.90 Å². The molecule has 0 spiro atoms. The first kappa shape index (κ1) is 10.9. The molecule has 0 amide bonds. The van der Waals surface area contributed by atoms with Crippen LogP contribution in [0.2, 0.25) is 0 Å². The lowest BCUT2D eigenvalue weighted by molar-refractivity contribution is -0.150. The molecule has 0 aliphatic carbocycles. The number of carboxylic acid groups (broad SMARTS) is 1. The van der Waals surface area contributed by atoms with E-state index in [9.17, 15) is 4.79 Å². The van der Waals surface area contributed by atoms with Crippen molar-refractivity contribution in [2.24, 2.45) is 5.41 Å². The third kappa shape index (κ3) is 2.49. The first-order valence-electron chi connectivity index (χ1n) is 5.57. The number of likely N-dealkylation sites (tertiary alicyclic amines) is 1. The number of hydrogen-bond donors (Lipinski definition) is 1. The van der Waals surface area contributed by atoms with Crippen molar-refractivity contribution < 1.29 is 14.6 Å². The van der Waals surface area contributed by atoms with E-state index in [1.807, 2.05) is 0 Å². The molecule has 1 N–H and O–H groups in total. The van der Waals surface area contributed by atoms with E-state index < -0.39 is 12.1 Å². The molecule has 2 heterocycles. The van der Waals surface area contributed by atoms with Crippen molar-refractivity contribution in [3.8, 4) is 0 Å². The Kier molecular flexibility index (Phi) is 2.73. The molecule has 2 aliphatic rings. The average molecular weight is 213 g/mol. The van der Waals surface area contributed by atoms with Gasteiger partial charge in [0.25, 0.3) is 0 Å². The summed E-state index contributed by atoms with van der Waals surface area (Å²) in [5.74, 6) is -0.818. The minimum absolute atomic E-state index is 0.127. The van der Waals surface area contributed by atoms with Gasteiger partial charge >= 0.3 is 5.97 Å². The Morgan fingerprint density at radius 2 is 2.13 bits per heavy atom. The van der Waals surface area contributed by atoms with E-state index in [0.29, 0.717) is 11.8 Å². The predicted molar refractivity (Wildman–Crippen MR) is 55.8 cm³/mol. The molecule has 2 unspecified atom stereocenters. The van der Waals surface area contributed by atoms with E-state index in [0.717, 1.165) is 26.1 Å². The van der Waals surface area contributed by atoms with Crippen molar-refractivity contribution >= 4 is 5.97 Å². The van der Waals surface area contributed by atoms with Gasteiger partial charge in [0, 0.05) is 19.6 Å². The van der Waals surface area contributed by atoms with Crippen LogP contribution in [0.1, 0.15) is 26.7 Å². The quantitative estimate of drug-likeness (QED) is 0.758. The van der Waals surface area contributed by atoms with Gasteiger partial charge in [-0.3, -0.25) is 4.90 Å². The van der Waals surface area contributed by atoms with Gasteiger partial charge < -0.3 is 9.84 Å². The van der Waals surface area contributed by atoms with Gasteiger partial charge in [-0.1, -0.05) is 13.8 Å². The zero-order valence-electron chi connectivity index (χ0n) is 9.40. The highest BCUT2D eigenvalue weighted by molar-refractivity contribution is 5.72. The molecular formula is C11H19NO3. The fraction of sp³-hybridized carbons (Fsp3) is 0.909. The van der Waals surface area contributed by atoms with Crippen molar-refractivity contribution in [2.75, 3.05) is 19.6 Å². The summed E-state index contributed by atoms with van der Waals surface area (Å²) in [6, 6.07) is 0. The second-order valence-corrected chi connectivity index (χ2v) is 5.50. The van der Waals surface area contributed by atoms with E-state index in [1.165, 1.54) is 0 Å². The Labute approximate surface area is 90.2 Å². The van der Waals surface area contributed by atoms with Crippen LogP contribution in [0.3, 0.4) is 0 Å². The summed E-state index contributed by atoms with van der Waals surface area (Å²) in [7, 11) is 0. The lowest BCUT2D eigenvalue weighted by Crippen LogP contribution is -2.54. The molecular weight excluding hydrogens is 194 g/mol. The average Bonchev–Trinajstić information content (AvgIpc) is 2.49. The molecule has 2 saturated heterocycles. The van der Waals surface area contributed by atoms with Crippen molar-refractivity contribution in [2.45, 2.75) is 38.9 Å². The molecule has 15 heavy (non-hydrogen) atoms. The smallest absolute Gasteiger partial charge is 0.332 e. The van der Waals surface area contributed by atoms with Crippen LogP contribution >= 0.6 is 0 Å². The van der Waals surface area contributed by atoms with Gasteiger partial charge in [-0.2, -0.15) is 0 Å². The molecule has 2 atom stereocenters. The van der Waals surface area contributed by atoms with Gasteiger partial charge in [0.15, 0.2) is 6.10 Å². The highest BCUT2D eigenvalue weighted by Crippen LogP contribution is 2.30. The number of nitrogens with zero attached hydrogens (tertiary/aromatic N) is 1. The standard InChI is InChI=1S/C11H19NO3/c1-11(2)6-12(7-11)5-8-3-4-9(15-8)10(13)14/h8-9H,3-7H2,1-2H3,(H,13,14). The summed E-state index contributed by atoms with van der Waals surface area (Å²) in [6.45, 7) is 7.60. The minimum atomic E-state index is -0.818. The minimum Gasteiger partial charge on any atom is -0.479 e. The number of carbonyl (C=O) groups is 1. The monoisotopic (exact) mass is 213 g/mol. The maximum atomic E-state index is 10.7. The van der Waals surface area contributed by atoms with E-state index in [2.05, 4.69) is 18.7 Å². The Morgan fingerprint density at radius 1 is 1.47 bits per heavy atom. The molecule has 2 aliphatic heterocycles. The number of ether oxygens (including phenoxy) is 1. The van der Waals surface area contributed by atoms with Crippen LogP contribution in [0.4, 0.5) is 0 Å². The summed E-state index contributed by atoms with van der Waals surface area (Å²) in [5.41, 5.74) is 0.435. The molecule has 2 fully saturated rings. The van der Waals surface area contributed by atoms with Gasteiger partial charge in [-0.25, -0.2) is 4.79 Å². The summed E-state index contributed by atoms with van der Waals surface area (Å²) < 4.78 is 5.46. The lowest BCUT2D eigenvalue weighted by Gasteiger charge is -2.46. The first-order valence-corrected chi connectivity index (χ1v) is 5.57. The van der Waals surface area contributed by atoms with Gasteiger partial charge in [-0.15, -0.1) is 0 Å². The van der Waals surface area contributed by atoms with Crippen LogP contribution < -0.4 is 0 Å². The van der Waals surface area contributed by atoms with Crippen molar-refractivity contribution in [1.29, 1.82) is 0 Å². The Hall–Kier alpha value is -0.610. The Morgan fingerprint density at radius 3 is 2.60 bits per heavy atom. The molecule has 0 saturated carbocycles. The summed E-state index contributed by atoms with van der Waals surface area (Å²) >= 11 is 0. The third-order valence-electron chi connectivity index (χ3n) is 3.15. The Bertz CT molecular complexity index is 257. The molecule has 0 radical (unpaired) electrons. The second-order valence-electron chi connectivity index (χ2n) is 5.50. The fourth-order valence-corrected chi connectivity index (χ4v) is 2.60. The second kappa shape index (κ2) is 3.76. The highest BCUT2D eigenvalue weighted by Gasteiger charge is 2.38. The first-order chi connectivity index (χ1) is 6.96. The molecule has 4 nitrogen and oxygen atoms in total. The van der Waals surface area contributed by atoms with Gasteiger partial charge in [0.2, 0.25) is 0 Å². The van der Waals surface area contributed by atoms with E-state index in [1.54, 1.807) is 0 Å². The Balaban J connectivity index is 1.72. The van der Waals surface area contributed by atoms with Gasteiger partial charge in [-0.05, 0) is 18.3 Å². The molecule has 0 aromatic rings. The molecule has 2 rings (SSSR count). The maximum Gasteiger partial charge on any atom is 0.332 e. The SMILES string of the molecule is CC1(C)CN(CC2CCC(C(=O)O)O2)C1. The third-order valence-corrected chi connectivity index (χ3v) is 3.15. The van der Waals surface area contributed by atoms with Crippen LogP contribution in [0, 0.1) is 5.41 Å². The molecule has 0 aromatic carbocycles. The molecule has 0 bridgehead atoms. The van der Waals surface area contributed by atoms with E-state index >= 15 is 0 Å². The molecule has 0 aromatic heterocycles. The fourth-order valence-electron chi connectivity index (χ4n) is 2.60. The zero-order chi connectivity index (χ0) is 11.1. The van der Waals surface area contributed by atoms with Crippen molar-refractivity contribution in [3.63, 3.8) is 0 Å². The van der Waals surface area contributed by atoms with Gasteiger partial charge in [0.1, 0.15) is 0 Å². The molecule has 4 heteroatoms. The van der Waals surface area contributed by atoms with Crippen LogP contribution in [-0.4, -0.2) is 47.8 Å². The number of carboxylic acids is 1. The van der Waals surface area contributed by atoms with Crippen molar-refractivity contribution in [3.05, 3.63) is 0 Å². The summed E-state index contributed by atoms with van der Waals surface area (Å²) in [5, 5.41) is 8.78. The van der Waals surface area contributed by atoms with Crippen LogP contribution in [-0.2, 0) is 9.53 Å². The topological polar surface area (TPSA) is 49.8 Å². The normalized spacial score (nSPS) is 35.1. The number of hydrogen-bond acceptors (Lipinski definition) is 3. The van der Waals surface area contributed by atoms with Crippen LogP contribution in [0.15, 0.2) is 0 Å².